The lowest BCUT2D eigenvalue weighted by molar-refractivity contribution is 0.0751. The maximum absolute atomic E-state index is 12.6. The number of aromatic nitrogens is 3. The van der Waals surface area contributed by atoms with Crippen molar-refractivity contribution in [2.24, 2.45) is 0 Å². The predicted molar refractivity (Wildman–Crippen MR) is 119 cm³/mol. The fourth-order valence-corrected chi connectivity index (χ4v) is 4.08. The van der Waals surface area contributed by atoms with Crippen LogP contribution in [0.15, 0.2) is 18.3 Å². The summed E-state index contributed by atoms with van der Waals surface area (Å²) in [5.41, 5.74) is 6.87. The summed E-state index contributed by atoms with van der Waals surface area (Å²) in [6.45, 7) is 4.32. The van der Waals surface area contributed by atoms with E-state index in [9.17, 15) is 4.79 Å². The van der Waals surface area contributed by atoms with Crippen LogP contribution in [-0.2, 0) is 0 Å². The maximum atomic E-state index is 12.6. The standard InChI is InChI=1S/C19H22N6O3S.ClH/c1-11-21-10-16(29-11)18(26)24-4-6-25(7-5-24)19-22-13-9-15(28-3)14(27-2)8-12(13)17(20)23-19;/h8-10H,4-7H2,1-3H3,(H2,20,22,23);1H. The molecule has 0 unspecified atom stereocenters. The van der Waals surface area contributed by atoms with Gasteiger partial charge in [0.15, 0.2) is 11.5 Å². The van der Waals surface area contributed by atoms with E-state index in [1.807, 2.05) is 16.7 Å². The van der Waals surface area contributed by atoms with Gasteiger partial charge >= 0.3 is 0 Å². The summed E-state index contributed by atoms with van der Waals surface area (Å²) in [4.78, 5) is 30.5. The zero-order valence-electron chi connectivity index (χ0n) is 16.9. The van der Waals surface area contributed by atoms with Crippen molar-refractivity contribution in [2.45, 2.75) is 6.92 Å². The van der Waals surface area contributed by atoms with Gasteiger partial charge < -0.3 is 25.0 Å². The van der Waals surface area contributed by atoms with Crippen LogP contribution in [0.4, 0.5) is 11.8 Å². The smallest absolute Gasteiger partial charge is 0.265 e. The number of benzene rings is 1. The number of hydrogen-bond acceptors (Lipinski definition) is 9. The molecular weight excluding hydrogens is 428 g/mol. The second-order valence-corrected chi connectivity index (χ2v) is 7.89. The molecule has 0 atom stereocenters. The molecule has 1 saturated heterocycles. The molecule has 3 aromatic rings. The van der Waals surface area contributed by atoms with Crippen LogP contribution in [-0.4, -0.2) is 66.2 Å². The van der Waals surface area contributed by atoms with Crippen LogP contribution in [0, 0.1) is 6.92 Å². The zero-order chi connectivity index (χ0) is 20.5. The lowest BCUT2D eigenvalue weighted by Crippen LogP contribution is -2.49. The van der Waals surface area contributed by atoms with Gasteiger partial charge in [0.25, 0.3) is 5.91 Å². The molecule has 1 amide bonds. The molecule has 1 aliphatic heterocycles. The van der Waals surface area contributed by atoms with Gasteiger partial charge in [-0.25, -0.2) is 9.97 Å². The van der Waals surface area contributed by atoms with E-state index in [1.165, 1.54) is 11.3 Å². The molecule has 0 aliphatic carbocycles. The van der Waals surface area contributed by atoms with Gasteiger partial charge in [0.1, 0.15) is 10.7 Å². The first kappa shape index (κ1) is 21.8. The number of aryl methyl sites for hydroxylation is 1. The third kappa shape index (κ3) is 4.05. The molecule has 1 fully saturated rings. The van der Waals surface area contributed by atoms with E-state index in [2.05, 4.69) is 15.0 Å². The number of nitrogens with zero attached hydrogens (tertiary/aromatic N) is 5. The molecule has 2 aromatic heterocycles. The summed E-state index contributed by atoms with van der Waals surface area (Å²) in [5, 5.41) is 1.60. The lowest BCUT2D eigenvalue weighted by atomic mass is 10.2. The van der Waals surface area contributed by atoms with Gasteiger partial charge in [-0.2, -0.15) is 4.98 Å². The number of anilines is 2. The number of methoxy groups -OCH3 is 2. The molecule has 1 aromatic carbocycles. The summed E-state index contributed by atoms with van der Waals surface area (Å²) in [6.07, 6.45) is 1.64. The van der Waals surface area contributed by atoms with Crippen LogP contribution in [0.1, 0.15) is 14.7 Å². The van der Waals surface area contributed by atoms with E-state index < -0.39 is 0 Å². The van der Waals surface area contributed by atoms with Gasteiger partial charge in [-0.05, 0) is 13.0 Å². The van der Waals surface area contributed by atoms with Gasteiger partial charge in [0, 0.05) is 37.6 Å². The average molecular weight is 451 g/mol. The first-order chi connectivity index (χ1) is 14.0. The Morgan fingerprint density at radius 1 is 1.10 bits per heavy atom. The summed E-state index contributed by atoms with van der Waals surface area (Å²) in [6, 6.07) is 3.57. The number of amides is 1. The second kappa shape index (κ2) is 8.88. The SMILES string of the molecule is COc1cc2nc(N3CCN(C(=O)c4cnc(C)s4)CC3)nc(N)c2cc1OC.Cl. The fourth-order valence-electron chi connectivity index (χ4n) is 3.33. The molecule has 160 valence electrons. The minimum Gasteiger partial charge on any atom is -0.493 e. The average Bonchev–Trinajstić information content (AvgIpc) is 3.18. The third-order valence-corrected chi connectivity index (χ3v) is 5.80. The first-order valence-corrected chi connectivity index (χ1v) is 9.97. The van der Waals surface area contributed by atoms with Crippen molar-refractivity contribution >= 4 is 52.3 Å². The minimum atomic E-state index is 0. The Balaban J connectivity index is 0.00000256. The Labute approximate surface area is 184 Å². The second-order valence-electron chi connectivity index (χ2n) is 6.66. The molecule has 30 heavy (non-hydrogen) atoms. The number of thiazole rings is 1. The molecule has 1 aliphatic rings. The lowest BCUT2D eigenvalue weighted by Gasteiger charge is -2.34. The van der Waals surface area contributed by atoms with E-state index in [1.54, 1.807) is 32.5 Å². The summed E-state index contributed by atoms with van der Waals surface area (Å²) in [5.74, 6) is 2.10. The normalized spacial score (nSPS) is 13.8. The van der Waals surface area contributed by atoms with Crippen molar-refractivity contribution in [1.82, 2.24) is 19.9 Å². The maximum Gasteiger partial charge on any atom is 0.265 e. The number of ether oxygens (including phenoxy) is 2. The molecule has 0 radical (unpaired) electrons. The Morgan fingerprint density at radius 3 is 2.37 bits per heavy atom. The summed E-state index contributed by atoms with van der Waals surface area (Å²) < 4.78 is 10.7. The Kier molecular flexibility index (Phi) is 6.47. The summed E-state index contributed by atoms with van der Waals surface area (Å²) >= 11 is 1.42. The highest BCUT2D eigenvalue weighted by molar-refractivity contribution is 7.13. The highest BCUT2D eigenvalue weighted by atomic mass is 35.5. The van der Waals surface area contributed by atoms with Crippen molar-refractivity contribution in [2.75, 3.05) is 51.0 Å². The molecule has 2 N–H and O–H groups in total. The Bertz CT molecular complexity index is 1070. The molecule has 0 spiro atoms. The number of hydrogen-bond donors (Lipinski definition) is 1. The van der Waals surface area contributed by atoms with E-state index in [4.69, 9.17) is 15.2 Å². The van der Waals surface area contributed by atoms with Gasteiger partial charge in [0.05, 0.1) is 30.9 Å². The molecule has 4 rings (SSSR count). The van der Waals surface area contributed by atoms with Gasteiger partial charge in [-0.15, -0.1) is 23.7 Å². The van der Waals surface area contributed by atoms with E-state index in [0.717, 1.165) is 5.01 Å². The van der Waals surface area contributed by atoms with Gasteiger partial charge in [-0.3, -0.25) is 4.79 Å². The number of nitrogen functional groups attached to an aromatic ring is 1. The molecule has 11 heteroatoms. The van der Waals surface area contributed by atoms with Crippen molar-refractivity contribution in [3.63, 3.8) is 0 Å². The number of fused-ring (bicyclic) bond motifs is 1. The van der Waals surface area contributed by atoms with Crippen LogP contribution in [0.25, 0.3) is 10.9 Å². The Morgan fingerprint density at radius 2 is 1.77 bits per heavy atom. The van der Waals surface area contributed by atoms with Crippen LogP contribution in [0.3, 0.4) is 0 Å². The summed E-state index contributed by atoms with van der Waals surface area (Å²) in [7, 11) is 3.15. The van der Waals surface area contributed by atoms with Crippen LogP contribution < -0.4 is 20.1 Å². The molecule has 9 nitrogen and oxygen atoms in total. The zero-order valence-corrected chi connectivity index (χ0v) is 18.5. The minimum absolute atomic E-state index is 0. The molecular formula is C19H23ClN6O3S. The third-order valence-electron chi connectivity index (χ3n) is 4.90. The monoisotopic (exact) mass is 450 g/mol. The number of carbonyl (C=O) groups is 1. The number of nitrogens with two attached hydrogens (primary N) is 1. The van der Waals surface area contributed by atoms with Crippen LogP contribution in [0.5, 0.6) is 11.5 Å². The highest BCUT2D eigenvalue weighted by Gasteiger charge is 2.25. The number of piperazine rings is 1. The Hall–Kier alpha value is -2.85. The van der Waals surface area contributed by atoms with E-state index >= 15 is 0 Å². The largest absolute Gasteiger partial charge is 0.493 e. The predicted octanol–water partition coefficient (Wildman–Crippen LogP) is 2.38. The topological polar surface area (TPSA) is 107 Å². The van der Waals surface area contributed by atoms with E-state index in [0.29, 0.717) is 65.2 Å². The van der Waals surface area contributed by atoms with Crippen molar-refractivity contribution in [3.8, 4) is 11.5 Å². The number of rotatable bonds is 4. The van der Waals surface area contributed by atoms with E-state index in [-0.39, 0.29) is 18.3 Å². The van der Waals surface area contributed by atoms with Crippen LogP contribution in [0.2, 0.25) is 0 Å². The number of carbonyl (C=O) groups excluding carboxylic acids is 1. The van der Waals surface area contributed by atoms with Crippen LogP contribution >= 0.6 is 23.7 Å². The van der Waals surface area contributed by atoms with Gasteiger partial charge in [0.2, 0.25) is 5.95 Å². The van der Waals surface area contributed by atoms with Crippen molar-refractivity contribution < 1.29 is 14.3 Å². The molecule has 3 heterocycles. The highest BCUT2D eigenvalue weighted by Crippen LogP contribution is 2.34. The molecule has 0 bridgehead atoms. The number of halogens is 1. The van der Waals surface area contributed by atoms with Gasteiger partial charge in [-0.1, -0.05) is 0 Å². The molecule has 0 saturated carbocycles. The van der Waals surface area contributed by atoms with Crippen molar-refractivity contribution in [1.29, 1.82) is 0 Å². The van der Waals surface area contributed by atoms with Crippen molar-refractivity contribution in [3.05, 3.63) is 28.2 Å². The fraction of sp³-hybridized carbons (Fsp3) is 0.368. The quantitative estimate of drug-likeness (QED) is 0.645. The first-order valence-electron chi connectivity index (χ1n) is 9.16.